The van der Waals surface area contributed by atoms with Gasteiger partial charge in [0.1, 0.15) is 5.75 Å². The number of hydrogen-bond donors (Lipinski definition) is 4. The lowest BCUT2D eigenvalue weighted by Gasteiger charge is -2.35. The van der Waals surface area contributed by atoms with Crippen LogP contribution in [0.15, 0.2) is 53.0 Å². The number of carboxylic acids is 1. The van der Waals surface area contributed by atoms with Gasteiger partial charge in [0.2, 0.25) is 0 Å². The standard InChI is InChI=1S/C9H13NO5S.C6H6O/c1-5-6(8(11)12)3-4-7(9(5,2)10)16(13,14)15;7-6-4-2-1-3-5-6/h3-5H,10H2,1-2H3,(H,11,12)(H,13,14,15);1-5,7H. The van der Waals surface area contributed by atoms with Gasteiger partial charge in [-0.3, -0.25) is 4.55 Å². The molecule has 0 bridgehead atoms. The van der Waals surface area contributed by atoms with Gasteiger partial charge in [-0.2, -0.15) is 8.42 Å². The summed E-state index contributed by atoms with van der Waals surface area (Å²) in [6.45, 7) is 2.87. The highest BCUT2D eigenvalue weighted by atomic mass is 32.2. The fourth-order valence-corrected chi connectivity index (χ4v) is 3.05. The molecule has 2 unspecified atom stereocenters. The number of benzene rings is 1. The van der Waals surface area contributed by atoms with Crippen molar-refractivity contribution in [3.63, 3.8) is 0 Å². The van der Waals surface area contributed by atoms with Crippen LogP contribution in [-0.2, 0) is 14.9 Å². The maximum atomic E-state index is 11.1. The number of para-hydroxylation sites is 1. The Bertz CT molecular complexity index is 734. The number of phenolic OH excluding ortho intramolecular Hbond substituents is 1. The maximum Gasteiger partial charge on any atom is 0.331 e. The van der Waals surface area contributed by atoms with E-state index in [0.717, 1.165) is 12.2 Å². The minimum atomic E-state index is -4.42. The first kappa shape index (κ1) is 18.9. The summed E-state index contributed by atoms with van der Waals surface area (Å²) in [5.41, 5.74) is 4.35. The average Bonchev–Trinajstić information content (AvgIpc) is 2.41. The topological polar surface area (TPSA) is 138 Å². The number of aliphatic carboxylic acids is 1. The van der Waals surface area contributed by atoms with Crippen LogP contribution in [-0.4, -0.2) is 34.7 Å². The Morgan fingerprint density at radius 3 is 2.09 bits per heavy atom. The third-order valence-electron chi connectivity index (χ3n) is 3.59. The highest BCUT2D eigenvalue weighted by Crippen LogP contribution is 2.35. The fourth-order valence-electron chi connectivity index (χ4n) is 2.07. The van der Waals surface area contributed by atoms with Crippen LogP contribution < -0.4 is 5.73 Å². The molecule has 1 aromatic rings. The molecule has 0 saturated heterocycles. The van der Waals surface area contributed by atoms with Gasteiger partial charge in [-0.25, -0.2) is 4.79 Å². The lowest BCUT2D eigenvalue weighted by Crippen LogP contribution is -2.49. The number of aromatic hydroxyl groups is 1. The van der Waals surface area contributed by atoms with Gasteiger partial charge >= 0.3 is 5.97 Å². The molecule has 0 amide bonds. The molecule has 23 heavy (non-hydrogen) atoms. The second kappa shape index (κ2) is 6.95. The van der Waals surface area contributed by atoms with E-state index in [2.05, 4.69) is 0 Å². The van der Waals surface area contributed by atoms with Gasteiger partial charge in [-0.1, -0.05) is 31.2 Å². The quantitative estimate of drug-likeness (QED) is 0.598. The first-order valence-electron chi connectivity index (χ1n) is 6.64. The molecule has 0 radical (unpaired) electrons. The highest BCUT2D eigenvalue weighted by molar-refractivity contribution is 7.89. The predicted octanol–water partition coefficient (Wildman–Crippen LogP) is 1.53. The van der Waals surface area contributed by atoms with Gasteiger partial charge in [0.15, 0.2) is 0 Å². The number of phenols is 1. The van der Waals surface area contributed by atoms with Crippen LogP contribution in [0.3, 0.4) is 0 Å². The molecule has 8 heteroatoms. The molecule has 0 heterocycles. The minimum absolute atomic E-state index is 0.0115. The molecule has 5 N–H and O–H groups in total. The minimum Gasteiger partial charge on any atom is -0.508 e. The number of carboxylic acid groups (broad SMARTS) is 1. The number of allylic oxidation sites excluding steroid dienone is 2. The summed E-state index contributed by atoms with van der Waals surface area (Å²) in [5, 5.41) is 17.5. The molecule has 2 atom stereocenters. The van der Waals surface area contributed by atoms with Gasteiger partial charge in [0.25, 0.3) is 10.1 Å². The molecule has 0 fully saturated rings. The van der Waals surface area contributed by atoms with Crippen LogP contribution in [0.4, 0.5) is 0 Å². The van der Waals surface area contributed by atoms with Crippen molar-refractivity contribution in [2.45, 2.75) is 19.4 Å². The Hall–Kier alpha value is -2.16. The highest BCUT2D eigenvalue weighted by Gasteiger charge is 2.42. The lowest BCUT2D eigenvalue weighted by atomic mass is 9.78. The van der Waals surface area contributed by atoms with Gasteiger partial charge in [0, 0.05) is 11.5 Å². The third kappa shape index (κ3) is 4.65. The molecule has 0 spiro atoms. The molecule has 1 aromatic carbocycles. The first-order chi connectivity index (χ1) is 10.5. The number of nitrogens with two attached hydrogens (primary N) is 1. The van der Waals surface area contributed by atoms with E-state index in [-0.39, 0.29) is 10.5 Å². The molecule has 126 valence electrons. The van der Waals surface area contributed by atoms with Crippen molar-refractivity contribution >= 4 is 16.1 Å². The van der Waals surface area contributed by atoms with Crippen molar-refractivity contribution in [3.05, 3.63) is 53.0 Å². The summed E-state index contributed by atoms with van der Waals surface area (Å²) in [7, 11) is -4.42. The normalized spacial score (nSPS) is 23.9. The van der Waals surface area contributed by atoms with Crippen LogP contribution in [0.2, 0.25) is 0 Å². The second-order valence-electron chi connectivity index (χ2n) is 5.27. The van der Waals surface area contributed by atoms with E-state index in [4.69, 9.17) is 20.5 Å². The van der Waals surface area contributed by atoms with Crippen molar-refractivity contribution in [1.82, 2.24) is 0 Å². The van der Waals surface area contributed by atoms with Gasteiger partial charge in [-0.15, -0.1) is 0 Å². The van der Waals surface area contributed by atoms with Crippen molar-refractivity contribution in [1.29, 1.82) is 0 Å². The Morgan fingerprint density at radius 1 is 1.22 bits per heavy atom. The summed E-state index contributed by atoms with van der Waals surface area (Å²) >= 11 is 0. The molecule has 0 aliphatic heterocycles. The van der Waals surface area contributed by atoms with Crippen LogP contribution in [0.25, 0.3) is 0 Å². The zero-order valence-electron chi connectivity index (χ0n) is 12.7. The van der Waals surface area contributed by atoms with Gasteiger partial charge in [-0.05, 0) is 25.1 Å². The van der Waals surface area contributed by atoms with E-state index in [9.17, 15) is 13.2 Å². The van der Waals surface area contributed by atoms with Crippen LogP contribution in [0.5, 0.6) is 5.75 Å². The Balaban J connectivity index is 0.000000313. The summed E-state index contributed by atoms with van der Waals surface area (Å²) in [4.78, 5) is 10.5. The van der Waals surface area contributed by atoms with Gasteiger partial charge in [0.05, 0.1) is 10.4 Å². The number of rotatable bonds is 2. The van der Waals surface area contributed by atoms with Crippen molar-refractivity contribution in [3.8, 4) is 5.75 Å². The van der Waals surface area contributed by atoms with E-state index in [0.29, 0.717) is 5.75 Å². The third-order valence-corrected chi connectivity index (χ3v) is 4.72. The first-order valence-corrected chi connectivity index (χ1v) is 8.08. The molecule has 1 aliphatic carbocycles. The SMILES string of the molecule is CC1C(C(=O)O)=CC=C(S(=O)(=O)O)C1(C)N.Oc1ccccc1. The molecular formula is C15H19NO6S. The Morgan fingerprint density at radius 2 is 1.74 bits per heavy atom. The number of carbonyl (C=O) groups is 1. The van der Waals surface area contributed by atoms with Crippen LogP contribution >= 0.6 is 0 Å². The van der Waals surface area contributed by atoms with E-state index in [1.807, 2.05) is 6.07 Å². The Labute approximate surface area is 134 Å². The summed E-state index contributed by atoms with van der Waals surface area (Å²) in [6, 6.07) is 8.71. The molecule has 0 aromatic heterocycles. The summed E-state index contributed by atoms with van der Waals surface area (Å²) in [5.74, 6) is -1.55. The van der Waals surface area contributed by atoms with Crippen LogP contribution in [0.1, 0.15) is 13.8 Å². The van der Waals surface area contributed by atoms with E-state index < -0.39 is 27.5 Å². The van der Waals surface area contributed by atoms with Crippen molar-refractivity contribution in [2.75, 3.05) is 0 Å². The molecule has 2 rings (SSSR count). The van der Waals surface area contributed by atoms with E-state index in [1.165, 1.54) is 13.8 Å². The maximum absolute atomic E-state index is 11.1. The summed E-state index contributed by atoms with van der Waals surface area (Å²) in [6.07, 6.45) is 2.17. The second-order valence-corrected chi connectivity index (χ2v) is 6.66. The molecule has 7 nitrogen and oxygen atoms in total. The number of hydrogen-bond acceptors (Lipinski definition) is 5. The van der Waals surface area contributed by atoms with Gasteiger partial charge < -0.3 is 15.9 Å². The molecule has 0 saturated carbocycles. The predicted molar refractivity (Wildman–Crippen MR) is 85.2 cm³/mol. The summed E-state index contributed by atoms with van der Waals surface area (Å²) < 4.78 is 31.1. The lowest BCUT2D eigenvalue weighted by molar-refractivity contribution is -0.133. The van der Waals surface area contributed by atoms with E-state index in [1.54, 1.807) is 24.3 Å². The van der Waals surface area contributed by atoms with Crippen molar-refractivity contribution < 1.29 is 28.0 Å². The monoisotopic (exact) mass is 341 g/mol. The zero-order valence-corrected chi connectivity index (χ0v) is 13.5. The molecule has 1 aliphatic rings. The van der Waals surface area contributed by atoms with E-state index >= 15 is 0 Å². The Kier molecular flexibility index (Phi) is 5.70. The average molecular weight is 341 g/mol. The smallest absolute Gasteiger partial charge is 0.331 e. The van der Waals surface area contributed by atoms with Crippen molar-refractivity contribution in [2.24, 2.45) is 11.7 Å². The fraction of sp³-hybridized carbons (Fsp3) is 0.267. The molecular weight excluding hydrogens is 322 g/mol. The zero-order chi connectivity index (χ0) is 17.8. The van der Waals surface area contributed by atoms with Crippen LogP contribution in [0, 0.1) is 5.92 Å². The largest absolute Gasteiger partial charge is 0.508 e.